The van der Waals surface area contributed by atoms with Gasteiger partial charge in [0.2, 0.25) is 0 Å². The highest BCUT2D eigenvalue weighted by atomic mass is 15.0. The number of nitrogens with one attached hydrogen (secondary N) is 2. The Morgan fingerprint density at radius 1 is 1.29 bits per heavy atom. The molecular weight excluding hydrogens is 174 g/mol. The summed E-state index contributed by atoms with van der Waals surface area (Å²) in [5, 5.41) is 6.41. The molecule has 0 saturated heterocycles. The van der Waals surface area contributed by atoms with E-state index in [4.69, 9.17) is 0 Å². The zero-order valence-corrected chi connectivity index (χ0v) is 9.17. The molecule has 3 nitrogen and oxygen atoms in total. The molecule has 14 heavy (non-hydrogen) atoms. The van der Waals surface area contributed by atoms with Gasteiger partial charge in [-0.25, -0.2) is 0 Å². The Labute approximate surface area is 85.9 Å². The quantitative estimate of drug-likeness (QED) is 0.543. The fourth-order valence-electron chi connectivity index (χ4n) is 1.41. The maximum absolute atomic E-state index is 4.02. The summed E-state index contributed by atoms with van der Waals surface area (Å²) >= 11 is 0. The van der Waals surface area contributed by atoms with Crippen molar-refractivity contribution >= 4 is 0 Å². The topological polar surface area (TPSA) is 37.0 Å². The summed E-state index contributed by atoms with van der Waals surface area (Å²) in [6.07, 6.45) is 3.68. The molecule has 0 unspecified atom stereocenters. The van der Waals surface area contributed by atoms with E-state index in [0.29, 0.717) is 0 Å². The highest BCUT2D eigenvalue weighted by Crippen LogP contribution is 2.20. The van der Waals surface area contributed by atoms with Crippen LogP contribution in [0.5, 0.6) is 0 Å². The van der Waals surface area contributed by atoms with Crippen molar-refractivity contribution in [2.24, 2.45) is 0 Å². The van der Waals surface area contributed by atoms with E-state index < -0.39 is 0 Å². The van der Waals surface area contributed by atoms with Crippen molar-refractivity contribution in [2.45, 2.75) is 19.3 Å². The first-order chi connectivity index (χ1) is 6.67. The molecule has 0 atom stereocenters. The Balaban J connectivity index is 2.56. The molecule has 0 amide bonds. The minimum atomic E-state index is 0.153. The van der Waals surface area contributed by atoms with E-state index in [9.17, 15) is 0 Å². The SMILES string of the molecule is CNCNCC(C)(C)c1ccncc1. The number of pyridine rings is 1. The number of hydrogen-bond donors (Lipinski definition) is 2. The van der Waals surface area contributed by atoms with Crippen molar-refractivity contribution in [2.75, 3.05) is 20.3 Å². The van der Waals surface area contributed by atoms with Crippen molar-refractivity contribution in [1.82, 2.24) is 15.6 Å². The monoisotopic (exact) mass is 193 g/mol. The Kier molecular flexibility index (Phi) is 4.04. The van der Waals surface area contributed by atoms with Gasteiger partial charge in [-0.05, 0) is 24.7 Å². The lowest BCUT2D eigenvalue weighted by atomic mass is 9.85. The molecule has 0 radical (unpaired) electrons. The smallest absolute Gasteiger partial charge is 0.0452 e. The Morgan fingerprint density at radius 2 is 1.93 bits per heavy atom. The molecule has 0 saturated carbocycles. The second-order valence-electron chi connectivity index (χ2n) is 4.08. The average Bonchev–Trinajstić information content (AvgIpc) is 2.19. The van der Waals surface area contributed by atoms with E-state index in [0.717, 1.165) is 13.2 Å². The molecule has 0 aliphatic heterocycles. The van der Waals surface area contributed by atoms with E-state index >= 15 is 0 Å². The normalized spacial score (nSPS) is 11.6. The lowest BCUT2D eigenvalue weighted by molar-refractivity contribution is 0.460. The van der Waals surface area contributed by atoms with Crippen LogP contribution in [0.15, 0.2) is 24.5 Å². The zero-order chi connectivity index (χ0) is 10.4. The third kappa shape index (κ3) is 3.09. The summed E-state index contributed by atoms with van der Waals surface area (Å²) in [6.45, 7) is 6.25. The molecule has 0 aliphatic rings. The summed E-state index contributed by atoms with van der Waals surface area (Å²) in [7, 11) is 1.94. The molecule has 1 aromatic heterocycles. The van der Waals surface area contributed by atoms with Crippen LogP contribution in [0.1, 0.15) is 19.4 Å². The van der Waals surface area contributed by atoms with Crippen molar-refractivity contribution in [3.05, 3.63) is 30.1 Å². The van der Waals surface area contributed by atoms with Crippen LogP contribution in [-0.4, -0.2) is 25.2 Å². The fourth-order valence-corrected chi connectivity index (χ4v) is 1.41. The highest BCUT2D eigenvalue weighted by Gasteiger charge is 2.19. The van der Waals surface area contributed by atoms with Gasteiger partial charge >= 0.3 is 0 Å². The molecule has 78 valence electrons. The lowest BCUT2D eigenvalue weighted by Crippen LogP contribution is -2.37. The van der Waals surface area contributed by atoms with Gasteiger partial charge in [-0.1, -0.05) is 13.8 Å². The minimum Gasteiger partial charge on any atom is -0.308 e. The van der Waals surface area contributed by atoms with Crippen molar-refractivity contribution < 1.29 is 0 Å². The van der Waals surface area contributed by atoms with Crippen molar-refractivity contribution in [3.8, 4) is 0 Å². The molecule has 0 fully saturated rings. The number of aromatic nitrogens is 1. The Hall–Kier alpha value is -0.930. The Morgan fingerprint density at radius 3 is 2.50 bits per heavy atom. The van der Waals surface area contributed by atoms with Crippen LogP contribution in [0.25, 0.3) is 0 Å². The molecule has 0 aliphatic carbocycles. The van der Waals surface area contributed by atoms with Gasteiger partial charge in [-0.15, -0.1) is 0 Å². The van der Waals surface area contributed by atoms with Crippen LogP contribution in [0.4, 0.5) is 0 Å². The summed E-state index contributed by atoms with van der Waals surface area (Å²) in [5.41, 5.74) is 1.47. The van der Waals surface area contributed by atoms with E-state index in [1.165, 1.54) is 5.56 Å². The molecule has 1 rings (SSSR count). The van der Waals surface area contributed by atoms with Gasteiger partial charge in [-0.2, -0.15) is 0 Å². The van der Waals surface area contributed by atoms with E-state index in [2.05, 4.69) is 41.6 Å². The maximum Gasteiger partial charge on any atom is 0.0452 e. The summed E-state index contributed by atoms with van der Waals surface area (Å²) in [5.74, 6) is 0. The number of hydrogen-bond acceptors (Lipinski definition) is 3. The summed E-state index contributed by atoms with van der Waals surface area (Å²) < 4.78 is 0. The molecular formula is C11H19N3. The molecule has 0 aromatic carbocycles. The van der Waals surface area contributed by atoms with Crippen molar-refractivity contribution in [1.29, 1.82) is 0 Å². The van der Waals surface area contributed by atoms with Gasteiger partial charge in [0, 0.05) is 31.0 Å². The van der Waals surface area contributed by atoms with Crippen LogP contribution in [-0.2, 0) is 5.41 Å². The summed E-state index contributed by atoms with van der Waals surface area (Å²) in [6, 6.07) is 4.14. The third-order valence-electron chi connectivity index (χ3n) is 2.33. The molecule has 3 heteroatoms. The first-order valence-corrected chi connectivity index (χ1v) is 4.92. The predicted molar refractivity (Wildman–Crippen MR) is 59.2 cm³/mol. The first-order valence-electron chi connectivity index (χ1n) is 4.92. The van der Waals surface area contributed by atoms with Gasteiger partial charge < -0.3 is 10.6 Å². The molecule has 1 heterocycles. The zero-order valence-electron chi connectivity index (χ0n) is 9.17. The summed E-state index contributed by atoms with van der Waals surface area (Å²) in [4.78, 5) is 4.02. The van der Waals surface area contributed by atoms with Gasteiger partial charge in [0.25, 0.3) is 0 Å². The third-order valence-corrected chi connectivity index (χ3v) is 2.33. The molecule has 0 spiro atoms. The molecule has 2 N–H and O–H groups in total. The average molecular weight is 193 g/mol. The molecule has 1 aromatic rings. The standard InChI is InChI=1S/C11H19N3/c1-11(2,8-14-9-12-3)10-4-6-13-7-5-10/h4-7,12,14H,8-9H2,1-3H3. The predicted octanol–water partition coefficient (Wildman–Crippen LogP) is 1.13. The molecule has 0 bridgehead atoms. The second-order valence-corrected chi connectivity index (χ2v) is 4.08. The van der Waals surface area contributed by atoms with Crippen LogP contribution >= 0.6 is 0 Å². The maximum atomic E-state index is 4.02. The number of rotatable bonds is 5. The van der Waals surface area contributed by atoms with Gasteiger partial charge in [-0.3, -0.25) is 4.98 Å². The Bertz CT molecular complexity index is 256. The fraction of sp³-hybridized carbons (Fsp3) is 0.545. The minimum absolute atomic E-state index is 0.153. The van der Waals surface area contributed by atoms with Gasteiger partial charge in [0.05, 0.1) is 0 Å². The van der Waals surface area contributed by atoms with Gasteiger partial charge in [0.15, 0.2) is 0 Å². The van der Waals surface area contributed by atoms with Crippen LogP contribution < -0.4 is 10.6 Å². The van der Waals surface area contributed by atoms with E-state index in [-0.39, 0.29) is 5.41 Å². The van der Waals surface area contributed by atoms with Crippen LogP contribution in [0, 0.1) is 0 Å². The van der Waals surface area contributed by atoms with E-state index in [1.807, 2.05) is 19.4 Å². The second kappa shape index (κ2) is 5.08. The van der Waals surface area contributed by atoms with E-state index in [1.54, 1.807) is 0 Å². The number of nitrogens with zero attached hydrogens (tertiary/aromatic N) is 1. The highest BCUT2D eigenvalue weighted by molar-refractivity contribution is 5.20. The van der Waals surface area contributed by atoms with Gasteiger partial charge in [0.1, 0.15) is 0 Å². The van der Waals surface area contributed by atoms with Crippen molar-refractivity contribution in [3.63, 3.8) is 0 Å². The lowest BCUT2D eigenvalue weighted by Gasteiger charge is -2.25. The first kappa shape index (κ1) is 11.1. The van der Waals surface area contributed by atoms with Crippen LogP contribution in [0.2, 0.25) is 0 Å². The largest absolute Gasteiger partial charge is 0.308 e. The van der Waals surface area contributed by atoms with Crippen LogP contribution in [0.3, 0.4) is 0 Å².